The third kappa shape index (κ3) is 3.88. The molecule has 1 saturated heterocycles. The van der Waals surface area contributed by atoms with Crippen molar-refractivity contribution in [3.05, 3.63) is 107 Å². The van der Waals surface area contributed by atoms with E-state index in [0.29, 0.717) is 0 Å². The topological polar surface area (TPSA) is 41.3 Å². The molecule has 3 aromatic rings. The molecule has 3 heteroatoms. The zero-order valence-corrected chi connectivity index (χ0v) is 16.4. The van der Waals surface area contributed by atoms with Crippen LogP contribution in [0.15, 0.2) is 84.9 Å². The van der Waals surface area contributed by atoms with Crippen LogP contribution in [0.3, 0.4) is 0 Å². The Labute approximate surface area is 168 Å². The lowest BCUT2D eigenvalue weighted by Crippen LogP contribution is -2.44. The minimum Gasteiger partial charge on any atom is -0.314 e. The van der Waals surface area contributed by atoms with E-state index in [1.807, 2.05) is 12.1 Å². The van der Waals surface area contributed by atoms with Crippen molar-refractivity contribution >= 4 is 0 Å². The summed E-state index contributed by atoms with van der Waals surface area (Å²) >= 11 is 0. The van der Waals surface area contributed by atoms with E-state index >= 15 is 0 Å². The Hall–Kier alpha value is -2.46. The van der Waals surface area contributed by atoms with E-state index in [1.54, 1.807) is 0 Å². The average Bonchev–Trinajstić information content (AvgIpc) is 2.79. The fraction of sp³-hybridized carbons (Fsp3) is 0.280. The van der Waals surface area contributed by atoms with Crippen molar-refractivity contribution in [2.75, 3.05) is 32.7 Å². The molecule has 0 spiro atoms. The van der Waals surface area contributed by atoms with E-state index in [1.165, 1.54) is 11.1 Å². The predicted molar refractivity (Wildman–Crippen MR) is 116 cm³/mol. The second kappa shape index (κ2) is 8.70. The van der Waals surface area contributed by atoms with Crippen LogP contribution in [-0.2, 0) is 12.0 Å². The summed E-state index contributed by atoms with van der Waals surface area (Å²) in [6.45, 7) is 5.46. The fourth-order valence-electron chi connectivity index (χ4n) is 4.22. The lowest BCUT2D eigenvalue weighted by Gasteiger charge is -2.34. The Morgan fingerprint density at radius 1 is 0.750 bits per heavy atom. The summed E-state index contributed by atoms with van der Waals surface area (Å²) in [6.07, 6.45) is 1.01. The first kappa shape index (κ1) is 18.9. The molecule has 3 N–H and O–H groups in total. The molecule has 144 valence electrons. The van der Waals surface area contributed by atoms with E-state index in [-0.39, 0.29) is 0 Å². The second-order valence-electron chi connectivity index (χ2n) is 7.54. The van der Waals surface area contributed by atoms with Gasteiger partial charge in [-0.25, -0.2) is 0 Å². The van der Waals surface area contributed by atoms with Crippen molar-refractivity contribution in [2.45, 2.75) is 12.0 Å². The van der Waals surface area contributed by atoms with Crippen LogP contribution < -0.4 is 11.1 Å². The third-order valence-electron chi connectivity index (χ3n) is 5.81. The van der Waals surface area contributed by atoms with E-state index in [9.17, 15) is 0 Å². The zero-order chi connectivity index (χ0) is 19.2. The molecule has 1 fully saturated rings. The quantitative estimate of drug-likeness (QED) is 0.653. The molecule has 0 aliphatic carbocycles. The SMILES string of the molecule is NC(c1ccccc1)(c1ccccc1)c1ccccc1CCN1CCNCC1. The highest BCUT2D eigenvalue weighted by molar-refractivity contribution is 5.51. The van der Waals surface area contributed by atoms with Gasteiger partial charge in [-0.1, -0.05) is 84.9 Å². The Kier molecular flexibility index (Phi) is 5.87. The maximum Gasteiger partial charge on any atom is 0.0925 e. The number of nitrogens with one attached hydrogen (secondary N) is 1. The molecule has 0 unspecified atom stereocenters. The summed E-state index contributed by atoms with van der Waals surface area (Å²) in [5.41, 5.74) is 11.4. The monoisotopic (exact) mass is 371 g/mol. The first-order chi connectivity index (χ1) is 13.8. The van der Waals surface area contributed by atoms with Crippen LogP contribution in [-0.4, -0.2) is 37.6 Å². The van der Waals surface area contributed by atoms with Crippen LogP contribution in [0.2, 0.25) is 0 Å². The van der Waals surface area contributed by atoms with Gasteiger partial charge in [-0.05, 0) is 28.7 Å². The van der Waals surface area contributed by atoms with Crippen molar-refractivity contribution < 1.29 is 0 Å². The molecule has 1 aliphatic rings. The summed E-state index contributed by atoms with van der Waals surface area (Å²) in [7, 11) is 0. The fourth-order valence-corrected chi connectivity index (χ4v) is 4.22. The highest BCUT2D eigenvalue weighted by Crippen LogP contribution is 2.36. The van der Waals surface area contributed by atoms with Gasteiger partial charge in [0.25, 0.3) is 0 Å². The van der Waals surface area contributed by atoms with Crippen LogP contribution in [0, 0.1) is 0 Å². The third-order valence-corrected chi connectivity index (χ3v) is 5.81. The van der Waals surface area contributed by atoms with Crippen molar-refractivity contribution in [3.8, 4) is 0 Å². The van der Waals surface area contributed by atoms with E-state index in [0.717, 1.165) is 50.3 Å². The molecule has 28 heavy (non-hydrogen) atoms. The van der Waals surface area contributed by atoms with Gasteiger partial charge in [-0.3, -0.25) is 0 Å². The highest BCUT2D eigenvalue weighted by atomic mass is 15.2. The van der Waals surface area contributed by atoms with Gasteiger partial charge in [0.1, 0.15) is 0 Å². The highest BCUT2D eigenvalue weighted by Gasteiger charge is 2.33. The summed E-state index contributed by atoms with van der Waals surface area (Å²) in [6, 6.07) is 29.6. The van der Waals surface area contributed by atoms with Crippen molar-refractivity contribution in [1.29, 1.82) is 0 Å². The Morgan fingerprint density at radius 2 is 1.29 bits per heavy atom. The number of nitrogens with two attached hydrogens (primary N) is 1. The number of rotatable bonds is 6. The van der Waals surface area contributed by atoms with Crippen LogP contribution in [0.1, 0.15) is 22.3 Å². The normalized spacial score (nSPS) is 15.5. The smallest absolute Gasteiger partial charge is 0.0925 e. The molecular formula is C25H29N3. The molecule has 0 aromatic heterocycles. The number of nitrogens with zero attached hydrogens (tertiary/aromatic N) is 1. The minimum atomic E-state index is -0.664. The standard InChI is InChI=1S/C25H29N3/c26-25(22-10-3-1-4-11-22,23-12-5-2-6-13-23)24-14-8-7-9-21(24)15-18-28-19-16-27-17-20-28/h1-14,27H,15-20,26H2. The number of hydrogen-bond acceptors (Lipinski definition) is 3. The molecule has 0 atom stereocenters. The summed E-state index contributed by atoms with van der Waals surface area (Å²) in [4.78, 5) is 2.54. The molecule has 3 aromatic carbocycles. The van der Waals surface area contributed by atoms with Gasteiger partial charge in [-0.2, -0.15) is 0 Å². The average molecular weight is 372 g/mol. The molecular weight excluding hydrogens is 342 g/mol. The van der Waals surface area contributed by atoms with E-state index in [2.05, 4.69) is 83.0 Å². The van der Waals surface area contributed by atoms with Gasteiger partial charge in [0.15, 0.2) is 0 Å². The summed E-state index contributed by atoms with van der Waals surface area (Å²) in [5.74, 6) is 0. The molecule has 1 aliphatic heterocycles. The molecule has 0 saturated carbocycles. The Balaban J connectivity index is 1.73. The largest absolute Gasteiger partial charge is 0.314 e. The lowest BCUT2D eigenvalue weighted by molar-refractivity contribution is 0.243. The van der Waals surface area contributed by atoms with Crippen molar-refractivity contribution in [2.24, 2.45) is 5.73 Å². The maximum atomic E-state index is 7.25. The zero-order valence-electron chi connectivity index (χ0n) is 16.4. The van der Waals surface area contributed by atoms with Gasteiger partial charge >= 0.3 is 0 Å². The lowest BCUT2D eigenvalue weighted by atomic mass is 9.75. The predicted octanol–water partition coefficient (Wildman–Crippen LogP) is 3.38. The summed E-state index contributed by atoms with van der Waals surface area (Å²) in [5, 5.41) is 3.43. The molecule has 0 amide bonds. The van der Waals surface area contributed by atoms with E-state index < -0.39 is 5.54 Å². The van der Waals surface area contributed by atoms with Gasteiger partial charge in [0.05, 0.1) is 5.54 Å². The number of benzene rings is 3. The molecule has 0 bridgehead atoms. The number of hydrogen-bond donors (Lipinski definition) is 2. The van der Waals surface area contributed by atoms with Crippen LogP contribution in [0.4, 0.5) is 0 Å². The first-order valence-electron chi connectivity index (χ1n) is 10.2. The Morgan fingerprint density at radius 3 is 1.89 bits per heavy atom. The molecule has 4 rings (SSSR count). The van der Waals surface area contributed by atoms with Gasteiger partial charge in [0, 0.05) is 32.7 Å². The van der Waals surface area contributed by atoms with Gasteiger partial charge in [0.2, 0.25) is 0 Å². The van der Waals surface area contributed by atoms with Gasteiger partial charge < -0.3 is 16.0 Å². The van der Waals surface area contributed by atoms with Crippen molar-refractivity contribution in [3.63, 3.8) is 0 Å². The molecule has 1 heterocycles. The molecule has 0 radical (unpaired) electrons. The number of piperazine rings is 1. The molecule has 3 nitrogen and oxygen atoms in total. The second-order valence-corrected chi connectivity index (χ2v) is 7.54. The van der Waals surface area contributed by atoms with Gasteiger partial charge in [-0.15, -0.1) is 0 Å². The van der Waals surface area contributed by atoms with Crippen LogP contribution >= 0.6 is 0 Å². The maximum absolute atomic E-state index is 7.25. The van der Waals surface area contributed by atoms with Crippen LogP contribution in [0.5, 0.6) is 0 Å². The first-order valence-corrected chi connectivity index (χ1v) is 10.2. The minimum absolute atomic E-state index is 0.664. The van der Waals surface area contributed by atoms with Crippen LogP contribution in [0.25, 0.3) is 0 Å². The van der Waals surface area contributed by atoms with Crippen molar-refractivity contribution in [1.82, 2.24) is 10.2 Å². The van der Waals surface area contributed by atoms with E-state index in [4.69, 9.17) is 5.73 Å². The Bertz CT molecular complexity index is 831. The summed E-state index contributed by atoms with van der Waals surface area (Å²) < 4.78 is 0.